The molecular formula is C32H45N3O3. The largest absolute Gasteiger partial charge is 0.383 e. The summed E-state index contributed by atoms with van der Waals surface area (Å²) in [6, 6.07) is 4.47. The van der Waals surface area contributed by atoms with Crippen molar-refractivity contribution < 1.29 is 14.4 Å². The molecule has 0 radical (unpaired) electrons. The van der Waals surface area contributed by atoms with E-state index in [1.54, 1.807) is 6.92 Å². The molecule has 0 unspecified atom stereocenters. The smallest absolute Gasteiger partial charge is 0.243 e. The molecule has 1 aromatic heterocycles. The number of piperidine rings is 1. The average Bonchev–Trinajstić information content (AvgIpc) is 3.27. The van der Waals surface area contributed by atoms with Crippen LogP contribution in [-0.4, -0.2) is 45.1 Å². The van der Waals surface area contributed by atoms with Crippen LogP contribution >= 0.6 is 0 Å². The number of ketones is 2. The SMILES string of the molecule is CCC(=O)[C@@H]1C[C@]23CCCCCCCCCc4cc(NC(C)C)cc5c(C(C)=O)cn(c45)CC(=O)N1[C@@H]2C3. The zero-order valence-electron chi connectivity index (χ0n) is 23.8. The Balaban J connectivity index is 1.56. The van der Waals surface area contributed by atoms with Gasteiger partial charge in [-0.2, -0.15) is 0 Å². The number of nitrogens with zero attached hydrogens (tertiary/aromatic N) is 2. The number of carbonyl (C=O) groups excluding carboxylic acids is 3. The van der Waals surface area contributed by atoms with Gasteiger partial charge in [-0.3, -0.25) is 14.4 Å². The molecule has 0 spiro atoms. The molecule has 1 aliphatic carbocycles. The van der Waals surface area contributed by atoms with E-state index >= 15 is 0 Å². The summed E-state index contributed by atoms with van der Waals surface area (Å²) in [5.74, 6) is 0.219. The molecule has 1 saturated carbocycles. The first-order chi connectivity index (χ1) is 18.2. The Bertz CT molecular complexity index is 1230. The number of Topliss-reactive ketones (excluding diaryl/α,β-unsaturated/α-hetero) is 2. The van der Waals surface area contributed by atoms with Crippen LogP contribution in [0.4, 0.5) is 5.69 Å². The molecule has 1 saturated heterocycles. The number of hydrogen-bond acceptors (Lipinski definition) is 4. The molecule has 2 aromatic rings. The van der Waals surface area contributed by atoms with Crippen molar-refractivity contribution >= 4 is 34.1 Å². The molecule has 3 heterocycles. The molecular weight excluding hydrogens is 474 g/mol. The highest BCUT2D eigenvalue weighted by molar-refractivity contribution is 6.09. The Morgan fingerprint density at radius 2 is 1.76 bits per heavy atom. The summed E-state index contributed by atoms with van der Waals surface area (Å²) in [5, 5.41) is 4.45. The Kier molecular flexibility index (Phi) is 7.70. The van der Waals surface area contributed by atoms with E-state index in [0.717, 1.165) is 48.7 Å². The first-order valence-corrected chi connectivity index (χ1v) is 15.0. The molecule has 2 aliphatic heterocycles. The summed E-state index contributed by atoms with van der Waals surface area (Å²) in [6.45, 7) is 7.93. The minimum Gasteiger partial charge on any atom is -0.383 e. The van der Waals surface area contributed by atoms with Gasteiger partial charge in [0.25, 0.3) is 0 Å². The quantitative estimate of drug-likeness (QED) is 0.447. The van der Waals surface area contributed by atoms with Crippen molar-refractivity contribution in [3.05, 3.63) is 29.5 Å². The van der Waals surface area contributed by atoms with Gasteiger partial charge < -0.3 is 14.8 Å². The van der Waals surface area contributed by atoms with Gasteiger partial charge in [0.15, 0.2) is 11.6 Å². The van der Waals surface area contributed by atoms with E-state index in [1.807, 2.05) is 22.6 Å². The Morgan fingerprint density at radius 1 is 1.05 bits per heavy atom. The van der Waals surface area contributed by atoms with E-state index in [9.17, 15) is 14.4 Å². The molecule has 206 valence electrons. The van der Waals surface area contributed by atoms with Crippen LogP contribution in [0.5, 0.6) is 0 Å². The van der Waals surface area contributed by atoms with Gasteiger partial charge in [-0.1, -0.05) is 45.4 Å². The van der Waals surface area contributed by atoms with Crippen molar-refractivity contribution in [1.29, 1.82) is 0 Å². The predicted octanol–water partition coefficient (Wildman–Crippen LogP) is 6.68. The molecule has 2 bridgehead atoms. The molecule has 6 heteroatoms. The van der Waals surface area contributed by atoms with E-state index < -0.39 is 0 Å². The maximum atomic E-state index is 14.0. The van der Waals surface area contributed by atoms with E-state index in [4.69, 9.17) is 0 Å². The molecule has 1 amide bonds. The van der Waals surface area contributed by atoms with Crippen LogP contribution < -0.4 is 5.32 Å². The van der Waals surface area contributed by atoms with Crippen LogP contribution in [0.15, 0.2) is 18.3 Å². The first-order valence-electron chi connectivity index (χ1n) is 15.0. The minimum atomic E-state index is -0.291. The summed E-state index contributed by atoms with van der Waals surface area (Å²) in [7, 11) is 0. The summed E-state index contributed by atoms with van der Waals surface area (Å²) in [4.78, 5) is 41.7. The van der Waals surface area contributed by atoms with Gasteiger partial charge >= 0.3 is 0 Å². The summed E-state index contributed by atoms with van der Waals surface area (Å²) < 4.78 is 2.01. The van der Waals surface area contributed by atoms with Crippen molar-refractivity contribution in [2.45, 2.75) is 129 Å². The second-order valence-corrected chi connectivity index (χ2v) is 12.5. The van der Waals surface area contributed by atoms with E-state index in [-0.39, 0.29) is 47.6 Å². The number of benzene rings is 1. The lowest BCUT2D eigenvalue weighted by Crippen LogP contribution is -2.44. The Hall–Kier alpha value is -2.63. The number of amides is 1. The third-order valence-electron chi connectivity index (χ3n) is 9.24. The summed E-state index contributed by atoms with van der Waals surface area (Å²) in [6.07, 6.45) is 14.8. The van der Waals surface area contributed by atoms with Crippen LogP contribution in [0.2, 0.25) is 0 Å². The van der Waals surface area contributed by atoms with Gasteiger partial charge in [-0.05, 0) is 76.0 Å². The first kappa shape index (κ1) is 27.0. The standard InChI is InChI=1S/C32H45N3O3/c1-5-28(37)27-17-32-14-12-10-8-6-7-9-11-13-23-15-24(33-21(2)3)16-25-26(22(4)36)19-34(31(23)25)20-30(38)35(27)29(32)18-32/h15-16,19,21,27,29,33H,5-14,17-18,20H2,1-4H3/t27-,29+,32-/m0/s1. The van der Waals surface area contributed by atoms with Crippen LogP contribution in [-0.2, 0) is 22.6 Å². The highest BCUT2D eigenvalue weighted by Crippen LogP contribution is 2.62. The van der Waals surface area contributed by atoms with Gasteiger partial charge in [-0.25, -0.2) is 0 Å². The summed E-state index contributed by atoms with van der Waals surface area (Å²) >= 11 is 0. The van der Waals surface area contributed by atoms with Crippen molar-refractivity contribution in [2.24, 2.45) is 5.41 Å². The number of anilines is 1. The highest BCUT2D eigenvalue weighted by Gasteiger charge is 2.65. The number of aromatic nitrogens is 1. The van der Waals surface area contributed by atoms with E-state index in [2.05, 4.69) is 31.3 Å². The Morgan fingerprint density at radius 3 is 2.45 bits per heavy atom. The molecule has 3 atom stereocenters. The molecule has 3 aliphatic rings. The molecule has 1 N–H and O–H groups in total. The number of hydrogen-bond donors (Lipinski definition) is 1. The maximum Gasteiger partial charge on any atom is 0.243 e. The van der Waals surface area contributed by atoms with Crippen molar-refractivity contribution in [1.82, 2.24) is 9.47 Å². The zero-order valence-corrected chi connectivity index (χ0v) is 23.8. The fourth-order valence-corrected chi connectivity index (χ4v) is 7.31. The lowest BCUT2D eigenvalue weighted by atomic mass is 9.91. The van der Waals surface area contributed by atoms with E-state index in [0.29, 0.717) is 12.0 Å². The third-order valence-corrected chi connectivity index (χ3v) is 9.24. The number of aryl methyl sites for hydroxylation is 1. The number of nitrogens with one attached hydrogen (secondary N) is 1. The lowest BCUT2D eigenvalue weighted by Gasteiger charge is -2.27. The van der Waals surface area contributed by atoms with E-state index in [1.165, 1.54) is 44.1 Å². The van der Waals surface area contributed by atoms with Crippen LogP contribution in [0.1, 0.15) is 114 Å². The van der Waals surface area contributed by atoms with Crippen molar-refractivity contribution in [3.8, 4) is 0 Å². The fraction of sp³-hybridized carbons (Fsp3) is 0.656. The van der Waals surface area contributed by atoms with Gasteiger partial charge in [0.05, 0.1) is 11.6 Å². The zero-order chi connectivity index (χ0) is 27.0. The minimum absolute atomic E-state index is 0.0115. The fourth-order valence-electron chi connectivity index (χ4n) is 7.31. The predicted molar refractivity (Wildman–Crippen MR) is 153 cm³/mol. The van der Waals surface area contributed by atoms with Crippen LogP contribution in [0.25, 0.3) is 10.9 Å². The number of carbonyl (C=O) groups is 3. The van der Waals surface area contributed by atoms with Gasteiger partial charge in [0, 0.05) is 41.3 Å². The lowest BCUT2D eigenvalue weighted by molar-refractivity contribution is -0.139. The molecule has 2 fully saturated rings. The van der Waals surface area contributed by atoms with Gasteiger partial charge in [0.1, 0.15) is 6.54 Å². The molecule has 1 aromatic carbocycles. The van der Waals surface area contributed by atoms with Crippen molar-refractivity contribution in [3.63, 3.8) is 0 Å². The second-order valence-electron chi connectivity index (χ2n) is 12.5. The maximum absolute atomic E-state index is 14.0. The van der Waals surface area contributed by atoms with Gasteiger partial charge in [-0.15, -0.1) is 0 Å². The number of rotatable bonds is 5. The normalized spacial score (nSPS) is 26.3. The van der Waals surface area contributed by atoms with Crippen LogP contribution in [0, 0.1) is 5.41 Å². The molecule has 5 rings (SSSR count). The Labute approximate surface area is 227 Å². The van der Waals surface area contributed by atoms with Crippen molar-refractivity contribution in [2.75, 3.05) is 5.32 Å². The van der Waals surface area contributed by atoms with Crippen LogP contribution in [0.3, 0.4) is 0 Å². The third kappa shape index (κ3) is 5.15. The highest BCUT2D eigenvalue weighted by atomic mass is 16.2. The molecule has 38 heavy (non-hydrogen) atoms. The second kappa shape index (κ2) is 10.9. The summed E-state index contributed by atoms with van der Waals surface area (Å²) in [5.41, 5.74) is 4.03. The van der Waals surface area contributed by atoms with Gasteiger partial charge in [0.2, 0.25) is 5.91 Å². The monoisotopic (exact) mass is 519 g/mol. The average molecular weight is 520 g/mol. The topological polar surface area (TPSA) is 71.4 Å². The molecule has 6 nitrogen and oxygen atoms in total.